The second kappa shape index (κ2) is 10.3. The minimum absolute atomic E-state index is 0.250. The van der Waals surface area contributed by atoms with Gasteiger partial charge in [-0.05, 0) is 54.7 Å². The van der Waals surface area contributed by atoms with Crippen LogP contribution >= 0.6 is 0 Å². The van der Waals surface area contributed by atoms with Crippen LogP contribution in [0.15, 0.2) is 77.4 Å². The molecule has 0 aliphatic heterocycles. The molecular formula is C27H27N5O3. The van der Waals surface area contributed by atoms with E-state index in [0.29, 0.717) is 35.9 Å². The van der Waals surface area contributed by atoms with Gasteiger partial charge in [0.05, 0.1) is 20.0 Å². The lowest BCUT2D eigenvalue weighted by molar-refractivity contribution is 0.288. The number of aromatic nitrogens is 4. The van der Waals surface area contributed by atoms with Crippen LogP contribution in [0, 0.1) is 0 Å². The molecule has 2 N–H and O–H groups in total. The van der Waals surface area contributed by atoms with Crippen molar-refractivity contribution in [2.45, 2.75) is 25.8 Å². The molecule has 0 radical (unpaired) electrons. The van der Waals surface area contributed by atoms with E-state index in [0.717, 1.165) is 30.6 Å². The molecule has 0 fully saturated rings. The summed E-state index contributed by atoms with van der Waals surface area (Å²) in [5.74, 6) is 2.40. The summed E-state index contributed by atoms with van der Waals surface area (Å²) >= 11 is 0. The molecule has 5 aromatic rings. The molecule has 0 aliphatic rings. The quantitative estimate of drug-likeness (QED) is 0.289. The molecule has 178 valence electrons. The monoisotopic (exact) mass is 469 g/mol. The van der Waals surface area contributed by atoms with E-state index >= 15 is 0 Å². The number of rotatable bonds is 10. The summed E-state index contributed by atoms with van der Waals surface area (Å²) in [6.07, 6.45) is 4.15. The zero-order chi connectivity index (χ0) is 24.0. The van der Waals surface area contributed by atoms with Crippen molar-refractivity contribution in [2.24, 2.45) is 0 Å². The fraction of sp³-hybridized carbons (Fsp3) is 0.222. The van der Waals surface area contributed by atoms with Crippen molar-refractivity contribution in [2.75, 3.05) is 19.5 Å². The number of anilines is 1. The lowest BCUT2D eigenvalue weighted by Gasteiger charge is -2.09. The molecule has 2 aromatic carbocycles. The van der Waals surface area contributed by atoms with Crippen LogP contribution in [0.2, 0.25) is 0 Å². The highest BCUT2D eigenvalue weighted by atomic mass is 16.5. The van der Waals surface area contributed by atoms with Gasteiger partial charge in [0.15, 0.2) is 28.6 Å². The second-order valence-electron chi connectivity index (χ2n) is 8.16. The van der Waals surface area contributed by atoms with E-state index in [4.69, 9.17) is 24.6 Å². The summed E-state index contributed by atoms with van der Waals surface area (Å²) in [5.41, 5.74) is 9.86. The molecule has 0 amide bonds. The van der Waals surface area contributed by atoms with Crippen molar-refractivity contribution >= 4 is 17.0 Å². The first-order valence-corrected chi connectivity index (χ1v) is 11.6. The highest BCUT2D eigenvalue weighted by Crippen LogP contribution is 2.28. The van der Waals surface area contributed by atoms with Gasteiger partial charge in [-0.1, -0.05) is 42.5 Å². The van der Waals surface area contributed by atoms with E-state index in [2.05, 4.69) is 34.2 Å². The number of benzene rings is 2. The van der Waals surface area contributed by atoms with Crippen LogP contribution in [-0.4, -0.2) is 33.2 Å². The fourth-order valence-electron chi connectivity index (χ4n) is 3.99. The predicted octanol–water partition coefficient (Wildman–Crippen LogP) is 4.93. The van der Waals surface area contributed by atoms with Crippen molar-refractivity contribution in [1.82, 2.24) is 19.5 Å². The van der Waals surface area contributed by atoms with Crippen molar-refractivity contribution in [3.05, 3.63) is 84.1 Å². The standard InChI is InChI=1S/C27H27N5O3/c1-33-21-13-11-20(12-14-21)15-16-32-25(22-10-6-17-34-22)29-23-24(28)30-27(31-26(23)32)35-18-5-9-19-7-3-2-4-8-19/h2-4,6-8,10-14,17H,5,9,15-16,18H2,1H3,(H2,28,30,31). The maximum absolute atomic E-state index is 6.28. The first kappa shape index (κ1) is 22.5. The number of nitrogens with zero attached hydrogens (tertiary/aromatic N) is 4. The number of nitrogen functional groups attached to an aromatic ring is 1. The summed E-state index contributed by atoms with van der Waals surface area (Å²) in [5, 5.41) is 0. The summed E-state index contributed by atoms with van der Waals surface area (Å²) in [7, 11) is 1.66. The molecule has 0 spiro atoms. The van der Waals surface area contributed by atoms with Gasteiger partial charge in [-0.15, -0.1) is 0 Å². The molecule has 35 heavy (non-hydrogen) atoms. The van der Waals surface area contributed by atoms with Crippen LogP contribution < -0.4 is 15.2 Å². The van der Waals surface area contributed by atoms with Crippen LogP contribution in [0.25, 0.3) is 22.7 Å². The molecule has 5 rings (SSSR count). The number of nitrogens with two attached hydrogens (primary N) is 1. The van der Waals surface area contributed by atoms with Crippen molar-refractivity contribution in [3.8, 4) is 23.3 Å². The average molecular weight is 470 g/mol. The number of methoxy groups -OCH3 is 1. The molecule has 8 nitrogen and oxygen atoms in total. The van der Waals surface area contributed by atoms with Crippen LogP contribution in [-0.2, 0) is 19.4 Å². The normalized spacial score (nSPS) is 11.1. The lowest BCUT2D eigenvalue weighted by atomic mass is 10.1. The molecule has 0 aliphatic carbocycles. The summed E-state index contributed by atoms with van der Waals surface area (Å²) in [4.78, 5) is 13.7. The van der Waals surface area contributed by atoms with Gasteiger partial charge in [-0.2, -0.15) is 9.97 Å². The number of hydrogen-bond donors (Lipinski definition) is 1. The number of hydrogen-bond acceptors (Lipinski definition) is 7. The average Bonchev–Trinajstić information content (AvgIpc) is 3.55. The van der Waals surface area contributed by atoms with E-state index < -0.39 is 0 Å². The molecule has 0 atom stereocenters. The third-order valence-electron chi connectivity index (χ3n) is 5.81. The highest BCUT2D eigenvalue weighted by Gasteiger charge is 2.20. The van der Waals surface area contributed by atoms with Crippen molar-refractivity contribution in [3.63, 3.8) is 0 Å². The molecule has 0 unspecified atom stereocenters. The van der Waals surface area contributed by atoms with E-state index in [9.17, 15) is 0 Å². The Bertz CT molecular complexity index is 1380. The van der Waals surface area contributed by atoms with E-state index in [-0.39, 0.29) is 11.8 Å². The molecular weight excluding hydrogens is 442 g/mol. The number of aryl methyl sites for hydroxylation is 3. The third kappa shape index (κ3) is 5.11. The lowest BCUT2D eigenvalue weighted by Crippen LogP contribution is -2.08. The molecule has 0 bridgehead atoms. The van der Waals surface area contributed by atoms with Gasteiger partial charge >= 0.3 is 6.01 Å². The Labute approximate surface area is 203 Å². The molecule has 0 saturated carbocycles. The summed E-state index contributed by atoms with van der Waals surface area (Å²) < 4.78 is 18.8. The van der Waals surface area contributed by atoms with Crippen LogP contribution in [0.4, 0.5) is 5.82 Å². The first-order valence-electron chi connectivity index (χ1n) is 11.6. The Morgan fingerprint density at radius 1 is 0.886 bits per heavy atom. The van der Waals surface area contributed by atoms with Crippen LogP contribution in [0.3, 0.4) is 0 Å². The van der Waals surface area contributed by atoms with Gasteiger partial charge in [0.25, 0.3) is 0 Å². The minimum atomic E-state index is 0.250. The Balaban J connectivity index is 1.39. The third-order valence-corrected chi connectivity index (χ3v) is 5.81. The van der Waals surface area contributed by atoms with Gasteiger partial charge in [0.2, 0.25) is 0 Å². The van der Waals surface area contributed by atoms with Crippen LogP contribution in [0.1, 0.15) is 17.5 Å². The van der Waals surface area contributed by atoms with Crippen molar-refractivity contribution in [1.29, 1.82) is 0 Å². The number of imidazole rings is 1. The maximum atomic E-state index is 6.28. The fourth-order valence-corrected chi connectivity index (χ4v) is 3.99. The van der Waals surface area contributed by atoms with Crippen molar-refractivity contribution < 1.29 is 13.9 Å². The largest absolute Gasteiger partial charge is 0.497 e. The summed E-state index contributed by atoms with van der Waals surface area (Å²) in [6.45, 7) is 1.12. The Morgan fingerprint density at radius 2 is 1.69 bits per heavy atom. The van der Waals surface area contributed by atoms with E-state index in [1.165, 1.54) is 5.56 Å². The van der Waals surface area contributed by atoms with Gasteiger partial charge in [-0.25, -0.2) is 4.98 Å². The SMILES string of the molecule is COc1ccc(CCn2c(-c3ccco3)nc3c(N)nc(OCCCc4ccccc4)nc32)cc1. The second-order valence-corrected chi connectivity index (χ2v) is 8.16. The van der Waals surface area contributed by atoms with Gasteiger partial charge in [0.1, 0.15) is 5.75 Å². The smallest absolute Gasteiger partial charge is 0.320 e. The van der Waals surface area contributed by atoms with Gasteiger partial charge in [0, 0.05) is 6.54 Å². The Hall–Kier alpha value is -4.33. The van der Waals surface area contributed by atoms with Gasteiger partial charge < -0.3 is 24.2 Å². The molecule has 3 aromatic heterocycles. The highest BCUT2D eigenvalue weighted by molar-refractivity contribution is 5.85. The topological polar surface area (TPSA) is 101 Å². The Kier molecular flexibility index (Phi) is 6.61. The van der Waals surface area contributed by atoms with Crippen LogP contribution in [0.5, 0.6) is 11.8 Å². The maximum Gasteiger partial charge on any atom is 0.320 e. The van der Waals surface area contributed by atoms with E-state index in [1.54, 1.807) is 13.4 Å². The van der Waals surface area contributed by atoms with E-state index in [1.807, 2.05) is 47.0 Å². The molecule has 8 heteroatoms. The summed E-state index contributed by atoms with van der Waals surface area (Å²) in [6, 6.07) is 22.3. The minimum Gasteiger partial charge on any atom is -0.497 e. The first-order chi connectivity index (χ1) is 17.2. The number of fused-ring (bicyclic) bond motifs is 1. The predicted molar refractivity (Wildman–Crippen MR) is 134 cm³/mol. The number of furan rings is 1. The number of ether oxygens (including phenoxy) is 2. The zero-order valence-corrected chi connectivity index (χ0v) is 19.6. The molecule has 0 saturated heterocycles. The Morgan fingerprint density at radius 3 is 2.43 bits per heavy atom. The molecule has 3 heterocycles. The zero-order valence-electron chi connectivity index (χ0n) is 19.6. The van der Waals surface area contributed by atoms with Gasteiger partial charge in [-0.3, -0.25) is 0 Å².